The van der Waals surface area contributed by atoms with Gasteiger partial charge >= 0.3 is 0 Å². The molecular formula is C14H14N4. The van der Waals surface area contributed by atoms with Gasteiger partial charge < -0.3 is 10.3 Å². The molecule has 0 saturated heterocycles. The first-order chi connectivity index (χ1) is 8.79. The van der Waals surface area contributed by atoms with E-state index in [1.165, 1.54) is 0 Å². The summed E-state index contributed by atoms with van der Waals surface area (Å²) >= 11 is 0. The number of nitrogens with two attached hydrogens (primary N) is 1. The lowest BCUT2D eigenvalue weighted by Crippen LogP contribution is -1.98. The van der Waals surface area contributed by atoms with E-state index in [9.17, 15) is 0 Å². The Morgan fingerprint density at radius 1 is 1.22 bits per heavy atom. The minimum absolute atomic E-state index is 0.746. The van der Waals surface area contributed by atoms with Crippen molar-refractivity contribution in [1.82, 2.24) is 14.5 Å². The molecule has 0 aliphatic heterocycles. The Hall–Kier alpha value is -2.36. The largest absolute Gasteiger partial charge is 0.399 e. The van der Waals surface area contributed by atoms with Gasteiger partial charge in [-0.2, -0.15) is 0 Å². The number of fused-ring (bicyclic) bond motifs is 1. The minimum Gasteiger partial charge on any atom is -0.399 e. The van der Waals surface area contributed by atoms with Crippen LogP contribution < -0.4 is 5.73 Å². The highest BCUT2D eigenvalue weighted by Crippen LogP contribution is 2.24. The fourth-order valence-corrected chi connectivity index (χ4v) is 2.16. The predicted octanol–water partition coefficient (Wildman–Crippen LogP) is 2.70. The highest BCUT2D eigenvalue weighted by molar-refractivity contribution is 5.77. The zero-order valence-corrected chi connectivity index (χ0v) is 10.2. The second kappa shape index (κ2) is 4.14. The molecule has 3 rings (SSSR count). The first kappa shape index (κ1) is 10.8. The van der Waals surface area contributed by atoms with Crippen LogP contribution in [-0.4, -0.2) is 14.5 Å². The molecule has 0 atom stereocenters. The molecule has 0 fully saturated rings. The molecule has 0 spiro atoms. The molecule has 0 radical (unpaired) electrons. The second-order valence-corrected chi connectivity index (χ2v) is 4.15. The molecule has 0 unspecified atom stereocenters. The second-order valence-electron chi connectivity index (χ2n) is 4.15. The van der Waals surface area contributed by atoms with E-state index in [-0.39, 0.29) is 0 Å². The van der Waals surface area contributed by atoms with Crippen molar-refractivity contribution < 1.29 is 0 Å². The molecule has 1 aromatic carbocycles. The summed E-state index contributed by atoms with van der Waals surface area (Å²) in [6, 6.07) is 11.7. The molecule has 0 amide bonds. The summed E-state index contributed by atoms with van der Waals surface area (Å²) in [5.74, 6) is 0.915. The number of rotatable bonds is 2. The molecule has 2 N–H and O–H groups in total. The lowest BCUT2D eigenvalue weighted by Gasteiger charge is -2.05. The average molecular weight is 238 g/mol. The normalized spacial score (nSPS) is 10.9. The van der Waals surface area contributed by atoms with Gasteiger partial charge in [0.25, 0.3) is 0 Å². The van der Waals surface area contributed by atoms with E-state index in [2.05, 4.69) is 21.5 Å². The molecule has 4 heteroatoms. The number of aryl methyl sites for hydroxylation is 1. The van der Waals surface area contributed by atoms with Gasteiger partial charge in [-0.15, -0.1) is 0 Å². The highest BCUT2D eigenvalue weighted by atomic mass is 15.1. The van der Waals surface area contributed by atoms with Gasteiger partial charge in [-0.25, -0.2) is 9.97 Å². The lowest BCUT2D eigenvalue weighted by atomic mass is 10.2. The predicted molar refractivity (Wildman–Crippen MR) is 73.1 cm³/mol. The van der Waals surface area contributed by atoms with Crippen LogP contribution in [0.15, 0.2) is 42.6 Å². The first-order valence-corrected chi connectivity index (χ1v) is 5.96. The SMILES string of the molecule is CCn1c(-c2cccc(N)c2)nc2cccnc21. The molecule has 90 valence electrons. The van der Waals surface area contributed by atoms with Crippen molar-refractivity contribution in [2.24, 2.45) is 0 Å². The number of benzene rings is 1. The zero-order valence-electron chi connectivity index (χ0n) is 10.2. The Morgan fingerprint density at radius 3 is 2.89 bits per heavy atom. The Balaban J connectivity index is 2.28. The molecular weight excluding hydrogens is 224 g/mol. The van der Waals surface area contributed by atoms with E-state index in [1.54, 1.807) is 6.20 Å². The number of aromatic nitrogens is 3. The summed E-state index contributed by atoms with van der Waals surface area (Å²) in [5.41, 5.74) is 9.43. The van der Waals surface area contributed by atoms with Crippen LogP contribution in [-0.2, 0) is 6.54 Å². The third kappa shape index (κ3) is 1.62. The van der Waals surface area contributed by atoms with Gasteiger partial charge in [0.1, 0.15) is 11.3 Å². The monoisotopic (exact) mass is 238 g/mol. The van der Waals surface area contributed by atoms with Gasteiger partial charge in [0.15, 0.2) is 5.65 Å². The molecule has 0 aliphatic rings. The van der Waals surface area contributed by atoms with Gasteiger partial charge in [-0.1, -0.05) is 12.1 Å². The summed E-state index contributed by atoms with van der Waals surface area (Å²) in [6.45, 7) is 2.92. The maximum Gasteiger partial charge on any atom is 0.160 e. The lowest BCUT2D eigenvalue weighted by molar-refractivity contribution is 0.787. The standard InChI is InChI=1S/C14H14N4/c1-2-18-13(10-5-3-6-11(15)9-10)17-12-7-4-8-16-14(12)18/h3-9H,2,15H2,1H3. The van der Waals surface area contributed by atoms with Gasteiger partial charge in [0.2, 0.25) is 0 Å². The summed E-state index contributed by atoms with van der Waals surface area (Å²) in [5, 5.41) is 0. The van der Waals surface area contributed by atoms with E-state index < -0.39 is 0 Å². The fourth-order valence-electron chi connectivity index (χ4n) is 2.16. The Kier molecular flexibility index (Phi) is 2.48. The highest BCUT2D eigenvalue weighted by Gasteiger charge is 2.11. The average Bonchev–Trinajstić information content (AvgIpc) is 2.77. The van der Waals surface area contributed by atoms with Crippen LogP contribution >= 0.6 is 0 Å². The Labute approximate surface area is 105 Å². The van der Waals surface area contributed by atoms with Crippen molar-refractivity contribution in [3.63, 3.8) is 0 Å². The number of nitrogens with zero attached hydrogens (tertiary/aromatic N) is 3. The molecule has 2 aromatic heterocycles. The third-order valence-corrected chi connectivity index (χ3v) is 2.96. The molecule has 0 aliphatic carbocycles. The minimum atomic E-state index is 0.746. The summed E-state index contributed by atoms with van der Waals surface area (Å²) in [4.78, 5) is 9.03. The number of imidazole rings is 1. The van der Waals surface area contributed by atoms with Gasteiger partial charge in [0.05, 0.1) is 0 Å². The van der Waals surface area contributed by atoms with Gasteiger partial charge in [-0.05, 0) is 31.2 Å². The van der Waals surface area contributed by atoms with Crippen LogP contribution in [0.3, 0.4) is 0 Å². The maximum atomic E-state index is 5.83. The summed E-state index contributed by atoms with van der Waals surface area (Å²) in [6.07, 6.45) is 1.79. The van der Waals surface area contributed by atoms with Crippen LogP contribution in [0.5, 0.6) is 0 Å². The van der Waals surface area contributed by atoms with E-state index in [1.807, 2.05) is 36.4 Å². The number of pyridine rings is 1. The summed E-state index contributed by atoms with van der Waals surface area (Å²) < 4.78 is 2.10. The molecule has 4 nitrogen and oxygen atoms in total. The quantitative estimate of drug-likeness (QED) is 0.698. The topological polar surface area (TPSA) is 56.7 Å². The van der Waals surface area contributed by atoms with Gasteiger partial charge in [0, 0.05) is 24.0 Å². The van der Waals surface area contributed by atoms with Crippen LogP contribution in [0.1, 0.15) is 6.92 Å². The van der Waals surface area contributed by atoms with Crippen molar-refractivity contribution in [3.05, 3.63) is 42.6 Å². The van der Waals surface area contributed by atoms with Crippen LogP contribution in [0.2, 0.25) is 0 Å². The zero-order chi connectivity index (χ0) is 12.5. The Bertz CT molecular complexity index is 700. The maximum absolute atomic E-state index is 5.83. The third-order valence-electron chi connectivity index (χ3n) is 2.96. The number of hydrogen-bond acceptors (Lipinski definition) is 3. The van der Waals surface area contributed by atoms with Crippen molar-refractivity contribution >= 4 is 16.9 Å². The first-order valence-electron chi connectivity index (χ1n) is 5.96. The molecule has 3 aromatic rings. The molecule has 0 saturated carbocycles. The Morgan fingerprint density at radius 2 is 2.11 bits per heavy atom. The fraction of sp³-hybridized carbons (Fsp3) is 0.143. The van der Waals surface area contributed by atoms with Crippen molar-refractivity contribution in [3.8, 4) is 11.4 Å². The van der Waals surface area contributed by atoms with Crippen molar-refractivity contribution in [1.29, 1.82) is 0 Å². The smallest absolute Gasteiger partial charge is 0.160 e. The van der Waals surface area contributed by atoms with E-state index in [0.29, 0.717) is 0 Å². The van der Waals surface area contributed by atoms with Crippen molar-refractivity contribution in [2.45, 2.75) is 13.5 Å². The van der Waals surface area contributed by atoms with Crippen molar-refractivity contribution in [2.75, 3.05) is 5.73 Å². The van der Waals surface area contributed by atoms with Crippen LogP contribution in [0, 0.1) is 0 Å². The summed E-state index contributed by atoms with van der Waals surface area (Å²) in [7, 11) is 0. The number of anilines is 1. The number of nitrogen functional groups attached to an aromatic ring is 1. The molecule has 18 heavy (non-hydrogen) atoms. The van der Waals surface area contributed by atoms with E-state index >= 15 is 0 Å². The van der Waals surface area contributed by atoms with Crippen LogP contribution in [0.25, 0.3) is 22.6 Å². The van der Waals surface area contributed by atoms with E-state index in [4.69, 9.17) is 5.73 Å². The van der Waals surface area contributed by atoms with Crippen LogP contribution in [0.4, 0.5) is 5.69 Å². The number of hydrogen-bond donors (Lipinski definition) is 1. The molecule has 0 bridgehead atoms. The molecule has 2 heterocycles. The van der Waals surface area contributed by atoms with E-state index in [0.717, 1.165) is 34.8 Å². The van der Waals surface area contributed by atoms with Gasteiger partial charge in [-0.3, -0.25) is 0 Å².